The van der Waals surface area contributed by atoms with Crippen molar-refractivity contribution in [1.82, 2.24) is 10.6 Å². The van der Waals surface area contributed by atoms with E-state index in [0.717, 1.165) is 0 Å². The molecule has 1 atom stereocenters. The number of ether oxygens (including phenoxy) is 1. The van der Waals surface area contributed by atoms with Crippen molar-refractivity contribution in [2.45, 2.75) is 45.6 Å². The molecule has 0 aromatic heterocycles. The Balaban J connectivity index is 3.79. The zero-order valence-electron chi connectivity index (χ0n) is 11.4. The molecule has 0 bridgehead atoms. The van der Waals surface area contributed by atoms with Crippen molar-refractivity contribution < 1.29 is 24.2 Å². The Bertz CT molecular complexity index is 306. The fourth-order valence-electron chi connectivity index (χ4n) is 1.42. The monoisotopic (exact) mass is 274 g/mol. The first kappa shape index (κ1) is 17.2. The average molecular weight is 274 g/mol. The lowest BCUT2D eigenvalue weighted by Gasteiger charge is -2.14. The van der Waals surface area contributed by atoms with Crippen LogP contribution in [-0.2, 0) is 14.3 Å². The normalized spacial score (nSPS) is 11.5. The summed E-state index contributed by atoms with van der Waals surface area (Å²) in [6.07, 6.45) is 1.73. The van der Waals surface area contributed by atoms with Gasteiger partial charge in [-0.3, -0.25) is 4.79 Å². The molecule has 0 fully saturated rings. The van der Waals surface area contributed by atoms with Crippen molar-refractivity contribution in [1.29, 1.82) is 0 Å². The van der Waals surface area contributed by atoms with Gasteiger partial charge in [-0.15, -0.1) is 0 Å². The molecule has 0 saturated heterocycles. The van der Waals surface area contributed by atoms with Crippen LogP contribution in [0.4, 0.5) is 4.79 Å². The second kappa shape index (κ2) is 10.2. The van der Waals surface area contributed by atoms with Gasteiger partial charge in [0.05, 0.1) is 6.61 Å². The number of carboxylic acids is 1. The van der Waals surface area contributed by atoms with Crippen molar-refractivity contribution in [2.75, 3.05) is 13.2 Å². The highest BCUT2D eigenvalue weighted by Crippen LogP contribution is 1.96. The SMILES string of the molecule is CCC[C@H](NC(=O)NCCCC(=O)OCC)C(=O)O. The van der Waals surface area contributed by atoms with Gasteiger partial charge < -0.3 is 20.5 Å². The van der Waals surface area contributed by atoms with Crippen molar-refractivity contribution in [3.05, 3.63) is 0 Å². The van der Waals surface area contributed by atoms with Crippen LogP contribution in [0.25, 0.3) is 0 Å². The van der Waals surface area contributed by atoms with Gasteiger partial charge in [-0.1, -0.05) is 13.3 Å². The molecule has 0 aliphatic rings. The van der Waals surface area contributed by atoms with Gasteiger partial charge in [0.1, 0.15) is 6.04 Å². The Kier molecular flexibility index (Phi) is 9.20. The molecule has 3 N–H and O–H groups in total. The molecule has 0 rings (SSSR count). The summed E-state index contributed by atoms with van der Waals surface area (Å²) < 4.78 is 4.73. The summed E-state index contributed by atoms with van der Waals surface area (Å²) in [5.41, 5.74) is 0. The summed E-state index contributed by atoms with van der Waals surface area (Å²) in [4.78, 5) is 33.2. The van der Waals surface area contributed by atoms with Crippen LogP contribution in [0.15, 0.2) is 0 Å². The van der Waals surface area contributed by atoms with Crippen LogP contribution in [0, 0.1) is 0 Å². The van der Waals surface area contributed by atoms with Gasteiger partial charge in [-0.2, -0.15) is 0 Å². The second-order valence-corrected chi connectivity index (χ2v) is 3.99. The molecule has 0 aromatic carbocycles. The number of carbonyl (C=O) groups excluding carboxylic acids is 2. The fraction of sp³-hybridized carbons (Fsp3) is 0.750. The maximum atomic E-state index is 11.4. The van der Waals surface area contributed by atoms with Gasteiger partial charge in [-0.25, -0.2) is 9.59 Å². The highest BCUT2D eigenvalue weighted by molar-refractivity contribution is 5.82. The molecule has 7 nitrogen and oxygen atoms in total. The maximum Gasteiger partial charge on any atom is 0.326 e. The summed E-state index contributed by atoms with van der Waals surface area (Å²) in [6, 6.07) is -1.42. The molecule has 0 aliphatic heterocycles. The standard InChI is InChI=1S/C12H22N2O5/c1-3-6-9(11(16)17)14-12(18)13-8-5-7-10(15)19-4-2/h9H,3-8H2,1-2H3,(H,16,17)(H2,13,14,18)/t9-/m0/s1. The Morgan fingerprint density at radius 1 is 1.26 bits per heavy atom. The maximum absolute atomic E-state index is 11.4. The summed E-state index contributed by atoms with van der Waals surface area (Å²) in [5, 5.41) is 13.7. The minimum Gasteiger partial charge on any atom is -0.480 e. The minimum absolute atomic E-state index is 0.228. The molecule has 0 saturated carbocycles. The van der Waals surface area contributed by atoms with Crippen LogP contribution in [0.3, 0.4) is 0 Å². The summed E-state index contributed by atoms with van der Waals surface area (Å²) in [5.74, 6) is -1.36. The first-order valence-corrected chi connectivity index (χ1v) is 6.44. The Morgan fingerprint density at radius 3 is 2.47 bits per heavy atom. The Hall–Kier alpha value is -1.79. The van der Waals surface area contributed by atoms with Gasteiger partial charge in [0.25, 0.3) is 0 Å². The van der Waals surface area contributed by atoms with Gasteiger partial charge in [0.15, 0.2) is 0 Å². The highest BCUT2D eigenvalue weighted by atomic mass is 16.5. The number of hydrogen-bond donors (Lipinski definition) is 3. The van der Waals surface area contributed by atoms with Crippen LogP contribution in [0.2, 0.25) is 0 Å². The Morgan fingerprint density at radius 2 is 1.95 bits per heavy atom. The molecule has 0 radical (unpaired) electrons. The largest absolute Gasteiger partial charge is 0.480 e. The first-order chi connectivity index (χ1) is 9.01. The van der Waals surface area contributed by atoms with E-state index in [9.17, 15) is 14.4 Å². The molecule has 0 aliphatic carbocycles. The summed E-state index contributed by atoms with van der Waals surface area (Å²) in [7, 11) is 0. The molecule has 7 heteroatoms. The molecular formula is C12H22N2O5. The fourth-order valence-corrected chi connectivity index (χ4v) is 1.42. The van der Waals surface area contributed by atoms with E-state index in [2.05, 4.69) is 10.6 Å². The second-order valence-electron chi connectivity index (χ2n) is 3.99. The smallest absolute Gasteiger partial charge is 0.326 e. The summed E-state index contributed by atoms with van der Waals surface area (Å²) in [6.45, 7) is 4.20. The lowest BCUT2D eigenvalue weighted by molar-refractivity contribution is -0.143. The number of carbonyl (C=O) groups is 3. The van der Waals surface area contributed by atoms with E-state index >= 15 is 0 Å². The zero-order chi connectivity index (χ0) is 14.7. The van der Waals surface area contributed by atoms with Crippen LogP contribution >= 0.6 is 0 Å². The Labute approximate surface area is 112 Å². The molecular weight excluding hydrogens is 252 g/mol. The van der Waals surface area contributed by atoms with E-state index in [1.54, 1.807) is 6.92 Å². The predicted molar refractivity (Wildman–Crippen MR) is 68.7 cm³/mol. The minimum atomic E-state index is -1.05. The number of esters is 1. The van der Waals surface area contributed by atoms with Crippen LogP contribution in [0.5, 0.6) is 0 Å². The van der Waals surface area contributed by atoms with E-state index in [4.69, 9.17) is 9.84 Å². The molecule has 0 aromatic rings. The zero-order valence-corrected chi connectivity index (χ0v) is 11.4. The van der Waals surface area contributed by atoms with Crippen molar-refractivity contribution in [3.63, 3.8) is 0 Å². The molecule has 0 spiro atoms. The number of rotatable bonds is 9. The van der Waals surface area contributed by atoms with Gasteiger partial charge >= 0.3 is 18.0 Å². The molecule has 19 heavy (non-hydrogen) atoms. The number of amides is 2. The molecule has 0 unspecified atom stereocenters. The number of carboxylic acid groups (broad SMARTS) is 1. The molecule has 0 heterocycles. The van der Waals surface area contributed by atoms with Crippen molar-refractivity contribution in [2.24, 2.45) is 0 Å². The lowest BCUT2D eigenvalue weighted by Crippen LogP contribution is -2.46. The third kappa shape index (κ3) is 8.87. The van der Waals surface area contributed by atoms with Crippen molar-refractivity contribution >= 4 is 18.0 Å². The number of hydrogen-bond acceptors (Lipinski definition) is 4. The third-order valence-corrected chi connectivity index (χ3v) is 2.33. The van der Waals surface area contributed by atoms with E-state index in [0.29, 0.717) is 32.4 Å². The number of urea groups is 1. The molecule has 110 valence electrons. The van der Waals surface area contributed by atoms with Gasteiger partial charge in [-0.05, 0) is 19.8 Å². The topological polar surface area (TPSA) is 105 Å². The van der Waals surface area contributed by atoms with E-state index in [1.165, 1.54) is 0 Å². The number of aliphatic carboxylic acids is 1. The average Bonchev–Trinajstić information content (AvgIpc) is 2.34. The van der Waals surface area contributed by atoms with Crippen LogP contribution in [0.1, 0.15) is 39.5 Å². The lowest BCUT2D eigenvalue weighted by atomic mass is 10.2. The molecule has 2 amide bonds. The van der Waals surface area contributed by atoms with Gasteiger partial charge in [0.2, 0.25) is 0 Å². The number of nitrogens with one attached hydrogen (secondary N) is 2. The quantitative estimate of drug-likeness (QED) is 0.427. The predicted octanol–water partition coefficient (Wildman–Crippen LogP) is 0.882. The van der Waals surface area contributed by atoms with Gasteiger partial charge in [0, 0.05) is 13.0 Å². The highest BCUT2D eigenvalue weighted by Gasteiger charge is 2.18. The van der Waals surface area contributed by atoms with Crippen LogP contribution < -0.4 is 10.6 Å². The van der Waals surface area contributed by atoms with E-state index in [1.807, 2.05) is 6.92 Å². The first-order valence-electron chi connectivity index (χ1n) is 6.44. The van der Waals surface area contributed by atoms with E-state index in [-0.39, 0.29) is 12.4 Å². The van der Waals surface area contributed by atoms with Crippen molar-refractivity contribution in [3.8, 4) is 0 Å². The van der Waals surface area contributed by atoms with Crippen LogP contribution in [-0.4, -0.2) is 42.3 Å². The summed E-state index contributed by atoms with van der Waals surface area (Å²) >= 11 is 0. The van der Waals surface area contributed by atoms with E-state index < -0.39 is 18.0 Å². The third-order valence-electron chi connectivity index (χ3n) is 2.33.